The summed E-state index contributed by atoms with van der Waals surface area (Å²) in [7, 11) is 0. The molecule has 1 unspecified atom stereocenters. The number of hydrogen-bond donors (Lipinski definition) is 3. The molecule has 1 atom stereocenters. The molecule has 0 spiro atoms. The van der Waals surface area contributed by atoms with E-state index in [9.17, 15) is 4.79 Å². The van der Waals surface area contributed by atoms with Gasteiger partial charge in [-0.15, -0.1) is 0 Å². The van der Waals surface area contributed by atoms with E-state index >= 15 is 0 Å². The van der Waals surface area contributed by atoms with Gasteiger partial charge in [0, 0.05) is 5.56 Å². The van der Waals surface area contributed by atoms with E-state index in [1.165, 1.54) is 0 Å². The summed E-state index contributed by atoms with van der Waals surface area (Å²) < 4.78 is -1.91. The largest absolute Gasteiger partial charge is 0.339 e. The SMILES string of the molecule is O=C(NC(NC(=S)Nc1c(Cl)cccc1Cl)C(Cl)(Cl)Cl)c1cccc2ccccc12. The van der Waals surface area contributed by atoms with Crippen LogP contribution in [-0.2, 0) is 0 Å². The topological polar surface area (TPSA) is 53.2 Å². The van der Waals surface area contributed by atoms with Crippen LogP contribution in [0, 0.1) is 0 Å². The summed E-state index contributed by atoms with van der Waals surface area (Å²) in [5, 5.41) is 10.8. The Balaban J connectivity index is 1.79. The van der Waals surface area contributed by atoms with Gasteiger partial charge in [0.05, 0.1) is 15.7 Å². The molecule has 0 saturated heterocycles. The number of amides is 1. The Labute approximate surface area is 203 Å². The lowest BCUT2D eigenvalue weighted by Crippen LogP contribution is -2.56. The fraction of sp³-hybridized carbons (Fsp3) is 0.100. The maximum absolute atomic E-state index is 12.9. The van der Waals surface area contributed by atoms with Crippen LogP contribution in [-0.4, -0.2) is 21.0 Å². The average Bonchev–Trinajstić information content (AvgIpc) is 2.69. The Kier molecular flexibility index (Phi) is 7.56. The van der Waals surface area contributed by atoms with Gasteiger partial charge in [-0.05, 0) is 41.2 Å². The summed E-state index contributed by atoms with van der Waals surface area (Å²) in [6, 6.07) is 17.8. The van der Waals surface area contributed by atoms with E-state index in [0.717, 1.165) is 10.8 Å². The molecule has 0 saturated carbocycles. The number of hydrogen-bond acceptors (Lipinski definition) is 2. The molecule has 10 heteroatoms. The van der Waals surface area contributed by atoms with Crippen LogP contribution >= 0.6 is 70.2 Å². The van der Waals surface area contributed by atoms with Crippen molar-refractivity contribution in [3.63, 3.8) is 0 Å². The number of halogens is 5. The van der Waals surface area contributed by atoms with Crippen molar-refractivity contribution in [2.75, 3.05) is 5.32 Å². The van der Waals surface area contributed by atoms with Gasteiger partial charge in [-0.3, -0.25) is 4.79 Å². The summed E-state index contributed by atoms with van der Waals surface area (Å²) in [6.07, 6.45) is -1.14. The predicted molar refractivity (Wildman–Crippen MR) is 131 cm³/mol. The summed E-state index contributed by atoms with van der Waals surface area (Å²) in [5.41, 5.74) is 0.823. The Morgan fingerprint density at radius 3 is 2.13 bits per heavy atom. The van der Waals surface area contributed by atoms with Crippen molar-refractivity contribution in [2.24, 2.45) is 0 Å². The third kappa shape index (κ3) is 5.61. The first kappa shape index (κ1) is 23.2. The monoisotopic (exact) mass is 519 g/mol. The molecule has 0 bridgehead atoms. The summed E-state index contributed by atoms with van der Waals surface area (Å²) in [5.74, 6) is -0.436. The van der Waals surface area contributed by atoms with Crippen molar-refractivity contribution >= 4 is 97.7 Å². The van der Waals surface area contributed by atoms with E-state index in [1.807, 2.05) is 30.3 Å². The van der Waals surface area contributed by atoms with Crippen molar-refractivity contribution in [1.82, 2.24) is 10.6 Å². The minimum atomic E-state index is -1.91. The summed E-state index contributed by atoms with van der Waals surface area (Å²) in [6.45, 7) is 0. The molecule has 3 N–H and O–H groups in total. The smallest absolute Gasteiger partial charge is 0.253 e. The first-order valence-electron chi connectivity index (χ1n) is 8.53. The molecule has 0 aliphatic heterocycles. The molecule has 0 aliphatic rings. The second-order valence-electron chi connectivity index (χ2n) is 6.17. The quantitative estimate of drug-likeness (QED) is 0.207. The van der Waals surface area contributed by atoms with Crippen LogP contribution in [0.15, 0.2) is 60.7 Å². The lowest BCUT2D eigenvalue weighted by atomic mass is 10.0. The van der Waals surface area contributed by atoms with Gasteiger partial charge in [-0.25, -0.2) is 0 Å². The second-order valence-corrected chi connectivity index (χ2v) is 9.76. The molecule has 0 heterocycles. The average molecular weight is 522 g/mol. The third-order valence-electron chi connectivity index (χ3n) is 4.11. The van der Waals surface area contributed by atoms with E-state index in [1.54, 1.807) is 30.3 Å². The van der Waals surface area contributed by atoms with Crippen LogP contribution in [0.1, 0.15) is 10.4 Å². The van der Waals surface area contributed by atoms with Gasteiger partial charge in [0.25, 0.3) is 5.91 Å². The highest BCUT2D eigenvalue weighted by atomic mass is 35.6. The third-order valence-corrected chi connectivity index (χ3v) is 5.62. The molecule has 3 rings (SSSR count). The van der Waals surface area contributed by atoms with Crippen molar-refractivity contribution in [1.29, 1.82) is 0 Å². The molecule has 3 aromatic rings. The molecule has 3 aromatic carbocycles. The Bertz CT molecular complexity index is 1080. The minimum Gasteiger partial charge on any atom is -0.339 e. The standard InChI is InChI=1S/C20H14Cl5N3OS/c21-14-9-4-10-15(22)16(14)26-19(30)28-18(20(23,24)25)27-17(29)13-8-3-6-11-5-1-2-7-12(11)13/h1-10,18H,(H,27,29)(H2,26,28,30). The van der Waals surface area contributed by atoms with Crippen LogP contribution in [0.4, 0.5) is 5.69 Å². The molecule has 30 heavy (non-hydrogen) atoms. The van der Waals surface area contributed by atoms with Crippen LogP contribution in [0.2, 0.25) is 10.0 Å². The fourth-order valence-corrected chi connectivity index (χ4v) is 3.77. The highest BCUT2D eigenvalue weighted by molar-refractivity contribution is 7.80. The van der Waals surface area contributed by atoms with Gasteiger partial charge < -0.3 is 16.0 Å². The van der Waals surface area contributed by atoms with Gasteiger partial charge in [0.1, 0.15) is 6.17 Å². The molecule has 0 aliphatic carbocycles. The van der Waals surface area contributed by atoms with Crippen LogP contribution in [0.5, 0.6) is 0 Å². The van der Waals surface area contributed by atoms with E-state index in [4.69, 9.17) is 70.2 Å². The van der Waals surface area contributed by atoms with E-state index in [0.29, 0.717) is 21.3 Å². The van der Waals surface area contributed by atoms with Crippen molar-refractivity contribution in [3.8, 4) is 0 Å². The zero-order chi connectivity index (χ0) is 21.9. The van der Waals surface area contributed by atoms with Crippen LogP contribution < -0.4 is 16.0 Å². The first-order valence-corrected chi connectivity index (χ1v) is 10.8. The zero-order valence-corrected chi connectivity index (χ0v) is 19.7. The predicted octanol–water partition coefficient (Wildman–Crippen LogP) is 6.56. The van der Waals surface area contributed by atoms with Crippen molar-refractivity contribution in [2.45, 2.75) is 9.96 Å². The van der Waals surface area contributed by atoms with Gasteiger partial charge in [0.15, 0.2) is 5.11 Å². The van der Waals surface area contributed by atoms with Crippen LogP contribution in [0.3, 0.4) is 0 Å². The Hall–Kier alpha value is -1.47. The lowest BCUT2D eigenvalue weighted by molar-refractivity contribution is 0.0936. The first-order chi connectivity index (χ1) is 14.2. The molecule has 4 nitrogen and oxygen atoms in total. The maximum atomic E-state index is 12.9. The number of carbonyl (C=O) groups excluding carboxylic acids is 1. The molecule has 0 fully saturated rings. The van der Waals surface area contributed by atoms with E-state index in [-0.39, 0.29) is 5.11 Å². The number of anilines is 1. The highest BCUT2D eigenvalue weighted by Crippen LogP contribution is 2.31. The summed E-state index contributed by atoms with van der Waals surface area (Å²) >= 11 is 35.8. The van der Waals surface area contributed by atoms with Gasteiger partial charge in [-0.1, -0.05) is 100 Å². The zero-order valence-electron chi connectivity index (χ0n) is 15.1. The molecule has 0 aromatic heterocycles. The minimum absolute atomic E-state index is 0.0551. The summed E-state index contributed by atoms with van der Waals surface area (Å²) in [4.78, 5) is 12.9. The Morgan fingerprint density at radius 2 is 1.47 bits per heavy atom. The van der Waals surface area contributed by atoms with E-state index < -0.39 is 15.9 Å². The van der Waals surface area contributed by atoms with Gasteiger partial charge >= 0.3 is 0 Å². The number of thiocarbonyl (C=S) groups is 1. The maximum Gasteiger partial charge on any atom is 0.253 e. The number of para-hydroxylation sites is 1. The Morgan fingerprint density at radius 1 is 0.867 bits per heavy atom. The molecular weight excluding hydrogens is 508 g/mol. The van der Waals surface area contributed by atoms with Crippen molar-refractivity contribution < 1.29 is 4.79 Å². The molecular formula is C20H14Cl5N3OS. The number of carbonyl (C=O) groups is 1. The number of fused-ring (bicyclic) bond motifs is 1. The van der Waals surface area contributed by atoms with Gasteiger partial charge in [0.2, 0.25) is 3.79 Å². The highest BCUT2D eigenvalue weighted by Gasteiger charge is 2.35. The lowest BCUT2D eigenvalue weighted by Gasteiger charge is -2.28. The van der Waals surface area contributed by atoms with Gasteiger partial charge in [-0.2, -0.15) is 0 Å². The van der Waals surface area contributed by atoms with E-state index in [2.05, 4.69) is 16.0 Å². The van der Waals surface area contributed by atoms with Crippen LogP contribution in [0.25, 0.3) is 10.8 Å². The second kappa shape index (κ2) is 9.77. The molecule has 156 valence electrons. The normalized spacial score (nSPS) is 12.3. The molecule has 0 radical (unpaired) electrons. The number of nitrogens with one attached hydrogen (secondary N) is 3. The number of benzene rings is 3. The van der Waals surface area contributed by atoms with Crippen molar-refractivity contribution in [3.05, 3.63) is 76.3 Å². The molecule has 1 amide bonds. The number of rotatable bonds is 4. The fourth-order valence-electron chi connectivity index (χ4n) is 2.73. The number of alkyl halides is 3.